The van der Waals surface area contributed by atoms with Gasteiger partial charge in [-0.3, -0.25) is 4.79 Å². The van der Waals surface area contributed by atoms with E-state index in [0.29, 0.717) is 0 Å². The van der Waals surface area contributed by atoms with Crippen LogP contribution in [0.1, 0.15) is 5.82 Å². The lowest BCUT2D eigenvalue weighted by Gasteiger charge is -1.94. The highest BCUT2D eigenvalue weighted by molar-refractivity contribution is 5.68. The molecule has 5 nitrogen and oxygen atoms in total. The van der Waals surface area contributed by atoms with E-state index in [1.165, 1.54) is 12.3 Å². The molecule has 0 aromatic carbocycles. The number of carboxylic acids is 1. The van der Waals surface area contributed by atoms with Crippen LogP contribution in [-0.4, -0.2) is 26.2 Å². The van der Waals surface area contributed by atoms with Crippen LogP contribution >= 0.6 is 0 Å². The smallest absolute Gasteiger partial charge is 0.311 e. The molecule has 0 radical (unpaired) electrons. The predicted molar refractivity (Wildman–Crippen MR) is 35.0 cm³/mol. The van der Waals surface area contributed by atoms with Crippen LogP contribution in [0.3, 0.4) is 0 Å². The van der Waals surface area contributed by atoms with E-state index >= 15 is 0 Å². The third-order valence-electron chi connectivity index (χ3n) is 1.00. The van der Waals surface area contributed by atoms with Crippen LogP contribution in [0.4, 0.5) is 0 Å². The van der Waals surface area contributed by atoms with E-state index in [0.717, 1.165) is 0 Å². The molecule has 2 N–H and O–H groups in total. The largest absolute Gasteiger partial charge is 0.493 e. The summed E-state index contributed by atoms with van der Waals surface area (Å²) in [4.78, 5) is 17.2. The maximum atomic E-state index is 10.1. The normalized spacial score (nSPS) is 9.45. The van der Waals surface area contributed by atoms with Gasteiger partial charge in [-0.25, -0.2) is 4.98 Å². The van der Waals surface area contributed by atoms with Crippen LogP contribution in [0.15, 0.2) is 12.3 Å². The zero-order valence-electron chi connectivity index (χ0n) is 5.56. The number of carboxylic acid groups (broad SMARTS) is 1. The Balaban J connectivity index is 2.79. The summed E-state index contributed by atoms with van der Waals surface area (Å²) >= 11 is 0. The molecule has 11 heavy (non-hydrogen) atoms. The summed E-state index contributed by atoms with van der Waals surface area (Å²) in [5.41, 5.74) is 0. The minimum Gasteiger partial charge on any atom is -0.493 e. The van der Waals surface area contributed by atoms with Gasteiger partial charge in [0.15, 0.2) is 0 Å². The van der Waals surface area contributed by atoms with E-state index in [1.54, 1.807) is 0 Å². The summed E-state index contributed by atoms with van der Waals surface area (Å²) in [6.07, 6.45) is 1.04. The van der Waals surface area contributed by atoms with Gasteiger partial charge in [0.05, 0.1) is 0 Å². The second-order valence-corrected chi connectivity index (χ2v) is 1.90. The number of aromatic hydroxyl groups is 1. The molecule has 1 rings (SSSR count). The Kier molecular flexibility index (Phi) is 2.00. The first kappa shape index (κ1) is 7.46. The Labute approximate surface area is 62.4 Å². The molecule has 0 fully saturated rings. The molecule has 1 heterocycles. The van der Waals surface area contributed by atoms with E-state index in [1.807, 2.05) is 0 Å². The second-order valence-electron chi connectivity index (χ2n) is 1.90. The highest BCUT2D eigenvalue weighted by atomic mass is 16.4. The minimum atomic E-state index is -1.02. The van der Waals surface area contributed by atoms with Crippen molar-refractivity contribution in [1.29, 1.82) is 0 Å². The monoisotopic (exact) mass is 154 g/mol. The Bertz CT molecular complexity index is 274. The van der Waals surface area contributed by atoms with Gasteiger partial charge in [-0.05, 0) is 0 Å². The van der Waals surface area contributed by atoms with Crippen LogP contribution in [0.25, 0.3) is 0 Å². The predicted octanol–water partition coefficient (Wildman–Crippen LogP) is -0.191. The average Bonchev–Trinajstić information content (AvgIpc) is 1.85. The summed E-state index contributed by atoms with van der Waals surface area (Å²) in [5, 5.41) is 17.1. The van der Waals surface area contributed by atoms with E-state index in [9.17, 15) is 4.79 Å². The Morgan fingerprint density at radius 3 is 2.91 bits per heavy atom. The van der Waals surface area contributed by atoms with Gasteiger partial charge < -0.3 is 10.2 Å². The molecule has 5 heteroatoms. The Hall–Kier alpha value is -1.65. The van der Waals surface area contributed by atoms with Crippen LogP contribution in [0.5, 0.6) is 5.88 Å². The number of aliphatic carboxylic acids is 1. The maximum Gasteiger partial charge on any atom is 0.311 e. The van der Waals surface area contributed by atoms with Crippen molar-refractivity contribution in [2.45, 2.75) is 6.42 Å². The van der Waals surface area contributed by atoms with Crippen LogP contribution in [-0.2, 0) is 11.2 Å². The molecule has 0 saturated heterocycles. The van der Waals surface area contributed by atoms with Gasteiger partial charge >= 0.3 is 5.97 Å². The average molecular weight is 154 g/mol. The molecule has 0 saturated carbocycles. The van der Waals surface area contributed by atoms with E-state index in [-0.39, 0.29) is 18.1 Å². The quantitative estimate of drug-likeness (QED) is 0.616. The van der Waals surface area contributed by atoms with Gasteiger partial charge in [0.1, 0.15) is 12.2 Å². The molecular formula is C6H6N2O3. The molecule has 0 aliphatic carbocycles. The molecule has 1 aromatic heterocycles. The molecule has 0 amide bonds. The summed E-state index contributed by atoms with van der Waals surface area (Å²) in [5.74, 6) is -1.12. The molecule has 0 unspecified atom stereocenters. The molecule has 0 spiro atoms. The fourth-order valence-corrected chi connectivity index (χ4v) is 0.609. The van der Waals surface area contributed by atoms with E-state index in [4.69, 9.17) is 10.2 Å². The lowest BCUT2D eigenvalue weighted by Crippen LogP contribution is -2.03. The summed E-state index contributed by atoms with van der Waals surface area (Å²) in [6.45, 7) is 0. The second kappa shape index (κ2) is 2.96. The molecule has 0 aliphatic heterocycles. The summed E-state index contributed by atoms with van der Waals surface area (Å²) in [7, 11) is 0. The van der Waals surface area contributed by atoms with Crippen molar-refractivity contribution in [2.75, 3.05) is 0 Å². The highest BCUT2D eigenvalue weighted by Crippen LogP contribution is 2.01. The van der Waals surface area contributed by atoms with Gasteiger partial charge in [-0.2, -0.15) is 4.98 Å². The van der Waals surface area contributed by atoms with E-state index in [2.05, 4.69) is 9.97 Å². The van der Waals surface area contributed by atoms with Gasteiger partial charge in [-0.1, -0.05) is 0 Å². The van der Waals surface area contributed by atoms with Gasteiger partial charge in [0, 0.05) is 12.3 Å². The van der Waals surface area contributed by atoms with Gasteiger partial charge in [0.2, 0.25) is 5.88 Å². The standard InChI is InChI=1S/C6H6N2O3/c9-5-1-2-7-4(8-5)3-6(10)11/h1-2H,3H2,(H,10,11)(H,7,8,9). The minimum absolute atomic E-state index is 0.109. The number of carbonyl (C=O) groups is 1. The fourth-order valence-electron chi connectivity index (χ4n) is 0.609. The summed E-state index contributed by atoms with van der Waals surface area (Å²) < 4.78 is 0. The van der Waals surface area contributed by atoms with Crippen molar-refractivity contribution >= 4 is 5.97 Å². The number of rotatable bonds is 2. The molecule has 0 bridgehead atoms. The highest BCUT2D eigenvalue weighted by Gasteiger charge is 2.02. The third-order valence-corrected chi connectivity index (χ3v) is 1.00. The maximum absolute atomic E-state index is 10.1. The molecule has 58 valence electrons. The molecule has 0 aliphatic rings. The van der Waals surface area contributed by atoms with Crippen molar-refractivity contribution in [3.63, 3.8) is 0 Å². The van der Waals surface area contributed by atoms with Crippen molar-refractivity contribution in [2.24, 2.45) is 0 Å². The third kappa shape index (κ3) is 2.21. The van der Waals surface area contributed by atoms with Crippen LogP contribution < -0.4 is 0 Å². The number of hydrogen-bond donors (Lipinski definition) is 2. The van der Waals surface area contributed by atoms with Crippen LogP contribution in [0, 0.1) is 0 Å². The lowest BCUT2D eigenvalue weighted by atomic mass is 10.4. The SMILES string of the molecule is O=C(O)Cc1nccc(O)n1. The topological polar surface area (TPSA) is 83.3 Å². The first-order valence-electron chi connectivity index (χ1n) is 2.91. The van der Waals surface area contributed by atoms with Gasteiger partial charge in [0.25, 0.3) is 0 Å². The van der Waals surface area contributed by atoms with Crippen molar-refractivity contribution in [3.8, 4) is 5.88 Å². The Morgan fingerprint density at radius 2 is 2.36 bits per heavy atom. The first-order chi connectivity index (χ1) is 5.18. The zero-order valence-corrected chi connectivity index (χ0v) is 5.56. The zero-order chi connectivity index (χ0) is 8.27. The van der Waals surface area contributed by atoms with Crippen molar-refractivity contribution < 1.29 is 15.0 Å². The molecule has 1 aromatic rings. The van der Waals surface area contributed by atoms with Gasteiger partial charge in [-0.15, -0.1) is 0 Å². The number of hydrogen-bond acceptors (Lipinski definition) is 4. The molecule has 0 atom stereocenters. The summed E-state index contributed by atoms with van der Waals surface area (Å²) in [6, 6.07) is 1.28. The van der Waals surface area contributed by atoms with Crippen molar-refractivity contribution in [3.05, 3.63) is 18.1 Å². The number of nitrogens with zero attached hydrogens (tertiary/aromatic N) is 2. The van der Waals surface area contributed by atoms with E-state index < -0.39 is 5.97 Å². The first-order valence-corrected chi connectivity index (χ1v) is 2.91. The molecular weight excluding hydrogens is 148 g/mol. The van der Waals surface area contributed by atoms with Crippen LogP contribution in [0.2, 0.25) is 0 Å². The van der Waals surface area contributed by atoms with Crippen molar-refractivity contribution in [1.82, 2.24) is 9.97 Å². The lowest BCUT2D eigenvalue weighted by molar-refractivity contribution is -0.136. The number of aromatic nitrogens is 2. The fraction of sp³-hybridized carbons (Fsp3) is 0.167. The Morgan fingerprint density at radius 1 is 1.64 bits per heavy atom.